The normalized spacial score (nSPS) is 11.2. The summed E-state index contributed by atoms with van der Waals surface area (Å²) < 4.78 is 28.2. The maximum Gasteiger partial charge on any atom is 0.335 e. The molecule has 0 saturated carbocycles. The Morgan fingerprint density at radius 1 is 1.02 bits per heavy atom. The molecule has 2 heterocycles. The molecule has 0 saturated heterocycles. The van der Waals surface area contributed by atoms with Crippen molar-refractivity contribution in [3.8, 4) is 17.1 Å². The number of benzene rings is 3. The lowest BCUT2D eigenvalue weighted by Gasteiger charge is -2.12. The molecule has 0 aliphatic heterocycles. The highest BCUT2D eigenvalue weighted by Gasteiger charge is 2.16. The van der Waals surface area contributed by atoms with Gasteiger partial charge in [0.2, 0.25) is 5.88 Å². The number of carbonyl (C=O) groups is 1. The van der Waals surface area contributed by atoms with Crippen LogP contribution in [0.4, 0.5) is 4.39 Å². The van der Waals surface area contributed by atoms with E-state index in [1.165, 1.54) is 6.07 Å². The first-order chi connectivity index (χ1) is 19.3. The largest absolute Gasteiger partial charge is 0.478 e. The van der Waals surface area contributed by atoms with Gasteiger partial charge in [0.1, 0.15) is 18.2 Å². The van der Waals surface area contributed by atoms with Crippen molar-refractivity contribution in [1.29, 1.82) is 0 Å². The van der Waals surface area contributed by atoms with Crippen LogP contribution >= 0.6 is 15.9 Å². The van der Waals surface area contributed by atoms with E-state index >= 15 is 0 Å². The molecule has 0 aliphatic rings. The van der Waals surface area contributed by atoms with Crippen LogP contribution in [-0.2, 0) is 24.3 Å². The lowest BCUT2D eigenvalue weighted by atomic mass is 10.1. The number of nitrogens with zero attached hydrogens (tertiary/aromatic N) is 3. The van der Waals surface area contributed by atoms with Crippen LogP contribution < -0.4 is 4.74 Å². The first kappa shape index (κ1) is 27.5. The number of halogens is 2. The Morgan fingerprint density at radius 2 is 1.85 bits per heavy atom. The predicted octanol–water partition coefficient (Wildman–Crippen LogP) is 6.82. The van der Waals surface area contributed by atoms with Crippen LogP contribution in [0.15, 0.2) is 77.3 Å². The second kappa shape index (κ2) is 12.0. The van der Waals surface area contributed by atoms with Crippen LogP contribution in [0.2, 0.25) is 0 Å². The van der Waals surface area contributed by atoms with Gasteiger partial charge in [0.25, 0.3) is 0 Å². The highest BCUT2D eigenvalue weighted by molar-refractivity contribution is 9.10. The van der Waals surface area contributed by atoms with E-state index in [0.717, 1.165) is 43.7 Å². The summed E-state index contributed by atoms with van der Waals surface area (Å²) in [6, 6.07) is 21.5. The van der Waals surface area contributed by atoms with E-state index in [2.05, 4.69) is 20.9 Å². The Bertz CT molecular complexity index is 1700. The fourth-order valence-electron chi connectivity index (χ4n) is 4.47. The molecule has 0 aliphatic carbocycles. The number of carboxylic acids is 1. The van der Waals surface area contributed by atoms with E-state index in [0.29, 0.717) is 31.0 Å². The number of aromatic carboxylic acids is 1. The molecule has 5 rings (SSSR count). The van der Waals surface area contributed by atoms with Crippen LogP contribution in [0.5, 0.6) is 5.88 Å². The molecule has 0 fully saturated rings. The summed E-state index contributed by atoms with van der Waals surface area (Å²) in [7, 11) is 1.63. The average molecular weight is 604 g/mol. The number of aromatic nitrogens is 3. The molecular weight excluding hydrogens is 577 g/mol. The maximum absolute atomic E-state index is 14.2. The maximum atomic E-state index is 14.2. The number of fused-ring (bicyclic) bond motifs is 1. The van der Waals surface area contributed by atoms with E-state index in [1.807, 2.05) is 47.9 Å². The molecule has 0 spiro atoms. The molecule has 5 aromatic rings. The number of hydrogen-bond acceptors (Lipinski definition) is 5. The Balaban J connectivity index is 1.37. The minimum Gasteiger partial charge on any atom is -0.478 e. The number of ether oxygens (including phenoxy) is 2. The zero-order valence-corrected chi connectivity index (χ0v) is 23.6. The summed E-state index contributed by atoms with van der Waals surface area (Å²) in [5, 5.41) is 9.44. The summed E-state index contributed by atoms with van der Waals surface area (Å²) >= 11 is 3.71. The van der Waals surface area contributed by atoms with E-state index < -0.39 is 5.97 Å². The third-order valence-electron chi connectivity index (χ3n) is 6.60. The Labute approximate surface area is 239 Å². The van der Waals surface area contributed by atoms with Crippen molar-refractivity contribution in [3.05, 3.63) is 111 Å². The van der Waals surface area contributed by atoms with Gasteiger partial charge < -0.3 is 19.1 Å². The standard InChI is InChI=1S/C31H27BrFN3O4/c1-19-6-7-23(25(33)14-19)18-40-30-5-3-4-26(35-30)21-9-8-20(24(32)15-21)17-29-34-27-11-10-22(31(37)38)16-28(27)36(29)12-13-39-2/h3-11,14-16H,12-13,17-18H2,1-2H3,(H,37,38). The van der Waals surface area contributed by atoms with Crippen molar-refractivity contribution in [2.45, 2.75) is 26.5 Å². The first-order valence-electron chi connectivity index (χ1n) is 12.7. The molecule has 40 heavy (non-hydrogen) atoms. The van der Waals surface area contributed by atoms with Gasteiger partial charge in [-0.25, -0.2) is 19.2 Å². The lowest BCUT2D eigenvalue weighted by molar-refractivity contribution is 0.0697. The van der Waals surface area contributed by atoms with Crippen molar-refractivity contribution in [3.63, 3.8) is 0 Å². The topological polar surface area (TPSA) is 86.5 Å². The summed E-state index contributed by atoms with van der Waals surface area (Å²) in [6.07, 6.45) is 0.528. The van der Waals surface area contributed by atoms with Gasteiger partial charge in [0.05, 0.1) is 28.9 Å². The number of carboxylic acid groups (broad SMARTS) is 1. The van der Waals surface area contributed by atoms with Crippen molar-refractivity contribution in [2.75, 3.05) is 13.7 Å². The van der Waals surface area contributed by atoms with E-state index in [1.54, 1.807) is 37.4 Å². The fraction of sp³-hybridized carbons (Fsp3) is 0.194. The molecule has 204 valence electrons. The van der Waals surface area contributed by atoms with Crippen LogP contribution in [-0.4, -0.2) is 39.3 Å². The molecule has 0 amide bonds. The van der Waals surface area contributed by atoms with Gasteiger partial charge in [0.15, 0.2) is 0 Å². The smallest absolute Gasteiger partial charge is 0.335 e. The van der Waals surface area contributed by atoms with Gasteiger partial charge in [-0.2, -0.15) is 0 Å². The highest BCUT2D eigenvalue weighted by Crippen LogP contribution is 2.29. The Kier molecular flexibility index (Phi) is 8.23. The molecule has 0 bridgehead atoms. The van der Waals surface area contributed by atoms with Crippen molar-refractivity contribution >= 4 is 32.9 Å². The SMILES string of the molecule is COCCn1c(Cc2ccc(-c3cccc(OCc4ccc(C)cc4F)n3)cc2Br)nc2ccc(C(=O)O)cc21. The van der Waals surface area contributed by atoms with Crippen LogP contribution in [0, 0.1) is 12.7 Å². The average Bonchev–Trinajstić information content (AvgIpc) is 3.28. The molecule has 1 N–H and O–H groups in total. The fourth-order valence-corrected chi connectivity index (χ4v) is 4.99. The number of pyridine rings is 1. The van der Waals surface area contributed by atoms with Gasteiger partial charge in [-0.15, -0.1) is 0 Å². The van der Waals surface area contributed by atoms with Gasteiger partial charge in [0, 0.05) is 41.7 Å². The quantitative estimate of drug-likeness (QED) is 0.188. The summed E-state index contributed by atoms with van der Waals surface area (Å²) in [5.41, 5.74) is 5.66. The number of aryl methyl sites for hydroxylation is 1. The monoisotopic (exact) mass is 603 g/mol. The van der Waals surface area contributed by atoms with Crippen molar-refractivity contribution in [2.24, 2.45) is 0 Å². The van der Waals surface area contributed by atoms with E-state index in [-0.39, 0.29) is 18.0 Å². The van der Waals surface area contributed by atoms with Crippen molar-refractivity contribution in [1.82, 2.24) is 14.5 Å². The predicted molar refractivity (Wildman–Crippen MR) is 154 cm³/mol. The second-order valence-corrected chi connectivity index (χ2v) is 10.3. The highest BCUT2D eigenvalue weighted by atomic mass is 79.9. The Morgan fingerprint density at radius 3 is 2.60 bits per heavy atom. The van der Waals surface area contributed by atoms with Gasteiger partial charge in [-0.05, 0) is 54.4 Å². The molecule has 3 aromatic carbocycles. The summed E-state index contributed by atoms with van der Waals surface area (Å²) in [5.74, 6) is -0.0643. The van der Waals surface area contributed by atoms with E-state index in [9.17, 15) is 14.3 Å². The van der Waals surface area contributed by atoms with Crippen LogP contribution in [0.25, 0.3) is 22.3 Å². The molecule has 0 radical (unpaired) electrons. The first-order valence-corrected chi connectivity index (χ1v) is 13.5. The molecule has 0 unspecified atom stereocenters. The van der Waals surface area contributed by atoms with Crippen molar-refractivity contribution < 1.29 is 23.8 Å². The van der Waals surface area contributed by atoms with Crippen LogP contribution in [0.1, 0.15) is 32.9 Å². The third kappa shape index (κ3) is 6.05. The number of rotatable bonds is 10. The molecule has 7 nitrogen and oxygen atoms in total. The summed E-state index contributed by atoms with van der Waals surface area (Å²) in [6.45, 7) is 2.95. The Hall–Kier alpha value is -4.08. The number of methoxy groups -OCH3 is 1. The molecule has 9 heteroatoms. The molecule has 2 aromatic heterocycles. The minimum absolute atomic E-state index is 0.0865. The van der Waals surface area contributed by atoms with Gasteiger partial charge in [-0.3, -0.25) is 0 Å². The molecular formula is C31H27BrFN3O4. The zero-order chi connectivity index (χ0) is 28.2. The second-order valence-electron chi connectivity index (χ2n) is 9.41. The lowest BCUT2D eigenvalue weighted by Crippen LogP contribution is -2.09. The van der Waals surface area contributed by atoms with Crippen LogP contribution in [0.3, 0.4) is 0 Å². The third-order valence-corrected chi connectivity index (χ3v) is 7.34. The molecule has 0 atom stereocenters. The van der Waals surface area contributed by atoms with E-state index in [4.69, 9.17) is 14.5 Å². The number of imidazole rings is 1. The zero-order valence-electron chi connectivity index (χ0n) is 22.0. The summed E-state index contributed by atoms with van der Waals surface area (Å²) in [4.78, 5) is 20.9. The minimum atomic E-state index is -0.980. The number of hydrogen-bond donors (Lipinski definition) is 1. The van der Waals surface area contributed by atoms with Gasteiger partial charge in [-0.1, -0.05) is 46.3 Å². The van der Waals surface area contributed by atoms with Gasteiger partial charge >= 0.3 is 5.97 Å².